The highest BCUT2D eigenvalue weighted by atomic mass is 79.9. The van der Waals surface area contributed by atoms with E-state index in [1.807, 2.05) is 18.2 Å². The van der Waals surface area contributed by atoms with Crippen molar-refractivity contribution in [2.75, 3.05) is 0 Å². The molecule has 2 aromatic carbocycles. The predicted octanol–water partition coefficient (Wildman–Crippen LogP) is 3.87. The van der Waals surface area contributed by atoms with Gasteiger partial charge in [0.2, 0.25) is 0 Å². The van der Waals surface area contributed by atoms with Crippen molar-refractivity contribution in [3.8, 4) is 0 Å². The number of amides is 1. The maximum atomic E-state index is 11.8. The number of rotatable bonds is 3. The van der Waals surface area contributed by atoms with Gasteiger partial charge in [-0.15, -0.1) is 0 Å². The van der Waals surface area contributed by atoms with Crippen molar-refractivity contribution in [1.82, 2.24) is 5.43 Å². The van der Waals surface area contributed by atoms with Crippen molar-refractivity contribution >= 4 is 39.7 Å². The Labute approximate surface area is 124 Å². The van der Waals surface area contributed by atoms with E-state index in [-0.39, 0.29) is 5.91 Å². The SMILES string of the molecule is O=C(N/N=C\c1cccc(Cl)c1)c1cccc(Br)c1. The molecule has 1 amide bonds. The van der Waals surface area contributed by atoms with Gasteiger partial charge >= 0.3 is 0 Å². The third-order valence-corrected chi connectivity index (χ3v) is 3.04. The first-order valence-corrected chi connectivity index (χ1v) is 6.67. The summed E-state index contributed by atoms with van der Waals surface area (Å²) >= 11 is 9.16. The predicted molar refractivity (Wildman–Crippen MR) is 80.7 cm³/mol. The molecule has 0 aliphatic heterocycles. The van der Waals surface area contributed by atoms with E-state index in [4.69, 9.17) is 11.6 Å². The van der Waals surface area contributed by atoms with Crippen molar-refractivity contribution in [3.63, 3.8) is 0 Å². The Morgan fingerprint density at radius 3 is 2.74 bits per heavy atom. The third-order valence-electron chi connectivity index (χ3n) is 2.32. The van der Waals surface area contributed by atoms with Crippen molar-refractivity contribution < 1.29 is 4.79 Å². The second-order valence-corrected chi connectivity index (χ2v) is 5.12. The summed E-state index contributed by atoms with van der Waals surface area (Å²) in [5, 5.41) is 4.52. The molecule has 5 heteroatoms. The number of benzene rings is 2. The van der Waals surface area contributed by atoms with Crippen LogP contribution in [0.4, 0.5) is 0 Å². The summed E-state index contributed by atoms with van der Waals surface area (Å²) in [7, 11) is 0. The Morgan fingerprint density at radius 1 is 1.21 bits per heavy atom. The Bertz CT molecular complexity index is 628. The second-order valence-electron chi connectivity index (χ2n) is 3.76. The summed E-state index contributed by atoms with van der Waals surface area (Å²) in [5.74, 6) is -0.264. The van der Waals surface area contributed by atoms with Crippen LogP contribution in [0, 0.1) is 0 Å². The molecule has 0 heterocycles. The summed E-state index contributed by atoms with van der Waals surface area (Å²) in [5.41, 5.74) is 3.82. The monoisotopic (exact) mass is 336 g/mol. The zero-order chi connectivity index (χ0) is 13.7. The lowest BCUT2D eigenvalue weighted by molar-refractivity contribution is 0.0955. The molecule has 19 heavy (non-hydrogen) atoms. The molecule has 0 aromatic heterocycles. The molecule has 0 aliphatic carbocycles. The van der Waals surface area contributed by atoms with Gasteiger partial charge in [0.1, 0.15) is 0 Å². The van der Waals surface area contributed by atoms with Crippen LogP contribution in [0.5, 0.6) is 0 Å². The Balaban J connectivity index is 2.01. The molecular formula is C14H10BrClN2O. The van der Waals surface area contributed by atoms with Gasteiger partial charge in [0.15, 0.2) is 0 Å². The van der Waals surface area contributed by atoms with E-state index in [2.05, 4.69) is 26.5 Å². The van der Waals surface area contributed by atoms with Gasteiger partial charge in [-0.2, -0.15) is 5.10 Å². The number of carbonyl (C=O) groups is 1. The van der Waals surface area contributed by atoms with E-state index < -0.39 is 0 Å². The molecule has 2 aromatic rings. The smallest absolute Gasteiger partial charge is 0.267 e. The normalized spacial score (nSPS) is 10.6. The van der Waals surface area contributed by atoms with Crippen LogP contribution in [0.2, 0.25) is 5.02 Å². The van der Waals surface area contributed by atoms with E-state index >= 15 is 0 Å². The van der Waals surface area contributed by atoms with E-state index in [0.717, 1.165) is 10.0 Å². The van der Waals surface area contributed by atoms with E-state index in [1.54, 1.807) is 36.5 Å². The maximum absolute atomic E-state index is 11.8. The lowest BCUT2D eigenvalue weighted by atomic mass is 10.2. The highest BCUT2D eigenvalue weighted by Gasteiger charge is 2.03. The first-order valence-electron chi connectivity index (χ1n) is 5.50. The standard InChI is InChI=1S/C14H10BrClN2O/c15-12-5-2-4-11(8-12)14(19)18-17-9-10-3-1-6-13(16)7-10/h1-9H,(H,18,19)/b17-9-. The number of halogens is 2. The van der Waals surface area contributed by atoms with Gasteiger partial charge in [0, 0.05) is 15.1 Å². The van der Waals surface area contributed by atoms with Gasteiger partial charge in [-0.05, 0) is 35.9 Å². The Hall–Kier alpha value is -1.65. The summed E-state index contributed by atoms with van der Waals surface area (Å²) < 4.78 is 0.846. The number of hydrogen-bond donors (Lipinski definition) is 1. The minimum Gasteiger partial charge on any atom is -0.267 e. The van der Waals surface area contributed by atoms with Gasteiger partial charge in [-0.25, -0.2) is 5.43 Å². The first kappa shape index (κ1) is 13.8. The zero-order valence-electron chi connectivity index (χ0n) is 9.81. The van der Waals surface area contributed by atoms with Crippen molar-refractivity contribution in [3.05, 3.63) is 69.2 Å². The molecule has 0 radical (unpaired) electrons. The number of nitrogens with zero attached hydrogens (tertiary/aromatic N) is 1. The fourth-order valence-electron chi connectivity index (χ4n) is 1.45. The maximum Gasteiger partial charge on any atom is 0.271 e. The van der Waals surface area contributed by atoms with Crippen LogP contribution in [0.1, 0.15) is 15.9 Å². The van der Waals surface area contributed by atoms with Crippen molar-refractivity contribution in [1.29, 1.82) is 0 Å². The molecule has 0 saturated heterocycles. The summed E-state index contributed by atoms with van der Waals surface area (Å²) in [6.07, 6.45) is 1.54. The molecule has 0 aliphatic rings. The van der Waals surface area contributed by atoms with Crippen LogP contribution in [-0.4, -0.2) is 12.1 Å². The molecule has 3 nitrogen and oxygen atoms in total. The average molecular weight is 338 g/mol. The minimum absolute atomic E-state index is 0.264. The van der Waals surface area contributed by atoms with Crippen LogP contribution in [0.25, 0.3) is 0 Å². The minimum atomic E-state index is -0.264. The number of hydrazone groups is 1. The summed E-state index contributed by atoms with van der Waals surface area (Å²) in [4.78, 5) is 11.8. The topological polar surface area (TPSA) is 41.5 Å². The quantitative estimate of drug-likeness (QED) is 0.670. The van der Waals surface area contributed by atoms with Gasteiger partial charge in [-0.3, -0.25) is 4.79 Å². The van der Waals surface area contributed by atoms with Gasteiger partial charge in [-0.1, -0.05) is 45.7 Å². The third kappa shape index (κ3) is 4.19. The molecule has 0 spiro atoms. The summed E-state index contributed by atoms with van der Waals surface area (Å²) in [6, 6.07) is 14.3. The number of nitrogens with one attached hydrogen (secondary N) is 1. The highest BCUT2D eigenvalue weighted by Crippen LogP contribution is 2.11. The highest BCUT2D eigenvalue weighted by molar-refractivity contribution is 9.10. The van der Waals surface area contributed by atoms with Gasteiger partial charge < -0.3 is 0 Å². The molecule has 0 atom stereocenters. The van der Waals surface area contributed by atoms with Crippen LogP contribution >= 0.6 is 27.5 Å². The van der Waals surface area contributed by atoms with Crippen LogP contribution in [-0.2, 0) is 0 Å². The second kappa shape index (κ2) is 6.50. The average Bonchev–Trinajstić information content (AvgIpc) is 2.38. The van der Waals surface area contributed by atoms with Gasteiger partial charge in [0.05, 0.1) is 6.21 Å². The lowest BCUT2D eigenvalue weighted by Crippen LogP contribution is -2.17. The largest absolute Gasteiger partial charge is 0.271 e. The Morgan fingerprint density at radius 2 is 2.00 bits per heavy atom. The fourth-order valence-corrected chi connectivity index (χ4v) is 2.04. The molecule has 0 saturated carbocycles. The molecule has 2 rings (SSSR count). The van der Waals surface area contributed by atoms with Crippen molar-refractivity contribution in [2.24, 2.45) is 5.10 Å². The molecular weight excluding hydrogens is 328 g/mol. The number of carbonyl (C=O) groups excluding carboxylic acids is 1. The molecule has 0 fully saturated rings. The lowest BCUT2D eigenvalue weighted by Gasteiger charge is -2.00. The zero-order valence-corrected chi connectivity index (χ0v) is 12.1. The van der Waals surface area contributed by atoms with Crippen LogP contribution < -0.4 is 5.43 Å². The van der Waals surface area contributed by atoms with Crippen LogP contribution in [0.3, 0.4) is 0 Å². The first-order chi connectivity index (χ1) is 9.15. The molecule has 96 valence electrons. The molecule has 0 bridgehead atoms. The Kier molecular flexibility index (Phi) is 4.71. The molecule has 1 N–H and O–H groups in total. The van der Waals surface area contributed by atoms with E-state index in [0.29, 0.717) is 10.6 Å². The van der Waals surface area contributed by atoms with E-state index in [9.17, 15) is 4.79 Å². The van der Waals surface area contributed by atoms with Crippen molar-refractivity contribution in [2.45, 2.75) is 0 Å². The van der Waals surface area contributed by atoms with E-state index in [1.165, 1.54) is 0 Å². The fraction of sp³-hybridized carbons (Fsp3) is 0. The van der Waals surface area contributed by atoms with Gasteiger partial charge in [0.25, 0.3) is 5.91 Å². The molecule has 0 unspecified atom stereocenters. The number of hydrogen-bond acceptors (Lipinski definition) is 2. The summed E-state index contributed by atoms with van der Waals surface area (Å²) in [6.45, 7) is 0. The van der Waals surface area contributed by atoms with Crippen LogP contribution in [0.15, 0.2) is 58.1 Å².